The molecule has 2 aliphatic rings. The fourth-order valence-electron chi connectivity index (χ4n) is 3.98. The van der Waals surface area contributed by atoms with Crippen LogP contribution in [0.2, 0.25) is 0 Å². The second-order valence-corrected chi connectivity index (χ2v) is 6.73. The molecule has 5 heteroatoms. The summed E-state index contributed by atoms with van der Waals surface area (Å²) in [7, 11) is 0. The first kappa shape index (κ1) is 15.1. The molecule has 4 rings (SSSR count). The summed E-state index contributed by atoms with van der Waals surface area (Å²) >= 11 is 0. The topological polar surface area (TPSA) is 55.3 Å². The van der Waals surface area contributed by atoms with E-state index in [0.29, 0.717) is 17.5 Å². The Balaban J connectivity index is 1.46. The van der Waals surface area contributed by atoms with Gasteiger partial charge in [0.25, 0.3) is 5.91 Å². The molecule has 3 heterocycles. The number of aryl methyl sites for hydroxylation is 1. The van der Waals surface area contributed by atoms with Crippen LogP contribution in [0.4, 0.5) is 0 Å². The quantitative estimate of drug-likeness (QED) is 0.871. The van der Waals surface area contributed by atoms with Crippen molar-refractivity contribution in [2.45, 2.75) is 25.9 Å². The highest BCUT2D eigenvalue weighted by molar-refractivity contribution is 5.93. The lowest BCUT2D eigenvalue weighted by Gasteiger charge is -2.22. The molecule has 0 unspecified atom stereocenters. The summed E-state index contributed by atoms with van der Waals surface area (Å²) < 4.78 is 6.13. The van der Waals surface area contributed by atoms with E-state index in [2.05, 4.69) is 9.97 Å². The smallest absolute Gasteiger partial charge is 0.272 e. The molecule has 1 saturated carbocycles. The van der Waals surface area contributed by atoms with Gasteiger partial charge in [-0.3, -0.25) is 14.8 Å². The zero-order chi connectivity index (χ0) is 16.5. The lowest BCUT2D eigenvalue weighted by Crippen LogP contribution is -2.33. The molecule has 1 saturated heterocycles. The van der Waals surface area contributed by atoms with E-state index in [4.69, 9.17) is 4.74 Å². The van der Waals surface area contributed by atoms with Gasteiger partial charge in [0.2, 0.25) is 0 Å². The van der Waals surface area contributed by atoms with E-state index < -0.39 is 0 Å². The standard InChI is InChI=1S/C19H21N3O2/c1-13-4-2-9-21-18(13)19(23)22-11-14-6-7-17(16(14)12-22)24-15-5-3-8-20-10-15/h2-5,8-10,14,16-17H,6-7,11-12H2,1H3/t14-,16+,17-/m1/s1. The zero-order valence-electron chi connectivity index (χ0n) is 13.8. The minimum absolute atomic E-state index is 0.0441. The zero-order valence-corrected chi connectivity index (χ0v) is 13.8. The van der Waals surface area contributed by atoms with Gasteiger partial charge >= 0.3 is 0 Å². The molecule has 0 N–H and O–H groups in total. The number of rotatable bonds is 3. The first-order valence-corrected chi connectivity index (χ1v) is 8.50. The Morgan fingerprint density at radius 3 is 2.88 bits per heavy atom. The van der Waals surface area contributed by atoms with Crippen LogP contribution in [0.5, 0.6) is 5.75 Å². The Labute approximate surface area is 141 Å². The fraction of sp³-hybridized carbons (Fsp3) is 0.421. The Morgan fingerprint density at radius 2 is 2.08 bits per heavy atom. The maximum absolute atomic E-state index is 12.8. The number of pyridine rings is 2. The van der Waals surface area contributed by atoms with Crippen LogP contribution >= 0.6 is 0 Å². The number of carbonyl (C=O) groups excluding carboxylic acids is 1. The molecular weight excluding hydrogens is 302 g/mol. The summed E-state index contributed by atoms with van der Waals surface area (Å²) in [5.74, 6) is 1.79. The molecule has 1 amide bonds. The van der Waals surface area contributed by atoms with Crippen LogP contribution in [0.3, 0.4) is 0 Å². The summed E-state index contributed by atoms with van der Waals surface area (Å²) in [4.78, 5) is 23.1. The van der Waals surface area contributed by atoms with Crippen LogP contribution < -0.4 is 4.74 Å². The molecule has 1 aliphatic heterocycles. The number of amides is 1. The van der Waals surface area contributed by atoms with Gasteiger partial charge in [0, 0.05) is 31.4 Å². The number of ether oxygens (including phenoxy) is 1. The van der Waals surface area contributed by atoms with Crippen LogP contribution in [0.25, 0.3) is 0 Å². The normalized spacial score (nSPS) is 25.5. The van der Waals surface area contributed by atoms with Gasteiger partial charge in [-0.15, -0.1) is 0 Å². The summed E-state index contributed by atoms with van der Waals surface area (Å²) in [6.45, 7) is 3.50. The molecule has 124 valence electrons. The second-order valence-electron chi connectivity index (χ2n) is 6.73. The highest BCUT2D eigenvalue weighted by Gasteiger charge is 2.45. The molecule has 2 aromatic rings. The van der Waals surface area contributed by atoms with Crippen LogP contribution in [0.15, 0.2) is 42.9 Å². The maximum atomic E-state index is 12.8. The van der Waals surface area contributed by atoms with Crippen molar-refractivity contribution in [3.63, 3.8) is 0 Å². The number of aromatic nitrogens is 2. The summed E-state index contributed by atoms with van der Waals surface area (Å²) in [6.07, 6.45) is 7.51. The predicted molar refractivity (Wildman–Crippen MR) is 89.7 cm³/mol. The van der Waals surface area contributed by atoms with Crippen LogP contribution in [-0.4, -0.2) is 40.0 Å². The Bertz CT molecular complexity index is 734. The van der Waals surface area contributed by atoms with E-state index >= 15 is 0 Å². The lowest BCUT2D eigenvalue weighted by atomic mass is 9.99. The molecule has 3 atom stereocenters. The first-order valence-electron chi connectivity index (χ1n) is 8.50. The summed E-state index contributed by atoms with van der Waals surface area (Å²) in [5.41, 5.74) is 1.50. The Hall–Kier alpha value is -2.43. The average molecular weight is 323 g/mol. The van der Waals surface area contributed by atoms with Crippen molar-refractivity contribution < 1.29 is 9.53 Å². The molecule has 24 heavy (non-hydrogen) atoms. The highest BCUT2D eigenvalue weighted by atomic mass is 16.5. The number of carbonyl (C=O) groups is 1. The van der Waals surface area contributed by atoms with Crippen molar-refractivity contribution >= 4 is 5.91 Å². The summed E-state index contributed by atoms with van der Waals surface area (Å²) in [6, 6.07) is 7.62. The Kier molecular flexibility index (Phi) is 3.92. The van der Waals surface area contributed by atoms with Crippen molar-refractivity contribution in [3.05, 3.63) is 54.1 Å². The molecule has 0 aromatic carbocycles. The van der Waals surface area contributed by atoms with E-state index in [1.165, 1.54) is 0 Å². The van der Waals surface area contributed by atoms with Crippen molar-refractivity contribution in [2.24, 2.45) is 11.8 Å². The van der Waals surface area contributed by atoms with Gasteiger partial charge in [0.15, 0.2) is 0 Å². The molecule has 5 nitrogen and oxygen atoms in total. The van der Waals surface area contributed by atoms with Gasteiger partial charge in [0.1, 0.15) is 17.5 Å². The van der Waals surface area contributed by atoms with E-state index in [9.17, 15) is 4.79 Å². The molecular formula is C19H21N3O2. The largest absolute Gasteiger partial charge is 0.488 e. The molecule has 0 radical (unpaired) electrons. The molecule has 1 aliphatic carbocycles. The number of fused-ring (bicyclic) bond motifs is 1. The Morgan fingerprint density at radius 1 is 1.21 bits per heavy atom. The van der Waals surface area contributed by atoms with Crippen LogP contribution in [-0.2, 0) is 0 Å². The van der Waals surface area contributed by atoms with E-state index in [-0.39, 0.29) is 12.0 Å². The third-order valence-electron chi connectivity index (χ3n) is 5.21. The van der Waals surface area contributed by atoms with E-state index in [1.54, 1.807) is 18.6 Å². The van der Waals surface area contributed by atoms with Crippen molar-refractivity contribution in [1.82, 2.24) is 14.9 Å². The lowest BCUT2D eigenvalue weighted by molar-refractivity contribution is 0.0756. The van der Waals surface area contributed by atoms with Gasteiger partial charge in [-0.2, -0.15) is 0 Å². The van der Waals surface area contributed by atoms with Gasteiger partial charge in [0.05, 0.1) is 6.20 Å². The maximum Gasteiger partial charge on any atom is 0.272 e. The molecule has 0 spiro atoms. The molecule has 2 aromatic heterocycles. The van der Waals surface area contributed by atoms with Gasteiger partial charge < -0.3 is 9.64 Å². The summed E-state index contributed by atoms with van der Waals surface area (Å²) in [5, 5.41) is 0. The fourth-order valence-corrected chi connectivity index (χ4v) is 3.98. The van der Waals surface area contributed by atoms with Gasteiger partial charge in [-0.25, -0.2) is 0 Å². The highest BCUT2D eigenvalue weighted by Crippen LogP contribution is 2.40. The van der Waals surface area contributed by atoms with Crippen molar-refractivity contribution in [3.8, 4) is 5.75 Å². The number of nitrogens with zero attached hydrogens (tertiary/aromatic N) is 3. The number of hydrogen-bond donors (Lipinski definition) is 0. The van der Waals surface area contributed by atoms with E-state index in [0.717, 1.165) is 37.2 Å². The minimum atomic E-state index is 0.0441. The predicted octanol–water partition coefficient (Wildman–Crippen LogP) is 2.71. The van der Waals surface area contributed by atoms with Gasteiger partial charge in [-0.05, 0) is 49.4 Å². The third-order valence-corrected chi connectivity index (χ3v) is 5.21. The molecule has 0 bridgehead atoms. The van der Waals surface area contributed by atoms with E-state index in [1.807, 2.05) is 36.1 Å². The van der Waals surface area contributed by atoms with Gasteiger partial charge in [-0.1, -0.05) is 6.07 Å². The van der Waals surface area contributed by atoms with Crippen LogP contribution in [0.1, 0.15) is 28.9 Å². The van der Waals surface area contributed by atoms with Crippen molar-refractivity contribution in [2.75, 3.05) is 13.1 Å². The molecule has 2 fully saturated rings. The number of likely N-dealkylation sites (tertiary alicyclic amines) is 1. The average Bonchev–Trinajstić information content (AvgIpc) is 3.18. The third kappa shape index (κ3) is 2.75. The second kappa shape index (κ2) is 6.23. The SMILES string of the molecule is Cc1cccnc1C(=O)N1C[C@H]2CC[C@@H](Oc3cccnc3)[C@H]2C1. The first-order chi connectivity index (χ1) is 11.7. The van der Waals surface area contributed by atoms with Crippen molar-refractivity contribution in [1.29, 1.82) is 0 Å². The monoisotopic (exact) mass is 323 g/mol. The number of hydrogen-bond acceptors (Lipinski definition) is 4. The van der Waals surface area contributed by atoms with Crippen LogP contribution in [0, 0.1) is 18.8 Å². The minimum Gasteiger partial charge on any atom is -0.488 e.